The maximum Gasteiger partial charge on any atom is 0.261 e. The van der Waals surface area contributed by atoms with Crippen LogP contribution in [0.5, 0.6) is 0 Å². The van der Waals surface area contributed by atoms with Crippen LogP contribution in [0.15, 0.2) is 77.7 Å². The van der Waals surface area contributed by atoms with Crippen molar-refractivity contribution in [1.82, 2.24) is 9.88 Å². The van der Waals surface area contributed by atoms with Gasteiger partial charge in [-0.05, 0) is 80.4 Å². The molecule has 0 atom stereocenters. The number of aromatic nitrogens is 1. The standard InChI is InChI=1S/C31H30N4O3S3/c1-3-17-35-18-16-24-27(19-35)40-31(28(24)30-32-25-6-4-5-7-26(25)39-30)33-29(36)21-10-12-22(13-11-21)34-41(37,38)23-14-8-20(2)9-15-23/h4-15,34H,3,16-19H2,1-2H3,(H,33,36). The third-order valence-corrected chi connectivity index (χ3v) is 10.7. The molecule has 0 bridgehead atoms. The molecule has 1 amide bonds. The highest BCUT2D eigenvalue weighted by Crippen LogP contribution is 2.45. The lowest BCUT2D eigenvalue weighted by atomic mass is 10.0. The van der Waals surface area contributed by atoms with Crippen molar-refractivity contribution >= 4 is 59.5 Å². The van der Waals surface area contributed by atoms with E-state index < -0.39 is 10.0 Å². The fourth-order valence-electron chi connectivity index (χ4n) is 5.05. The molecule has 3 aromatic carbocycles. The molecule has 1 aliphatic rings. The van der Waals surface area contributed by atoms with Crippen LogP contribution in [0, 0.1) is 6.92 Å². The maximum atomic E-state index is 13.4. The zero-order chi connectivity index (χ0) is 28.6. The number of benzene rings is 3. The molecule has 0 saturated heterocycles. The summed E-state index contributed by atoms with van der Waals surface area (Å²) in [7, 11) is -3.73. The van der Waals surface area contributed by atoms with E-state index in [4.69, 9.17) is 4.98 Å². The summed E-state index contributed by atoms with van der Waals surface area (Å²) in [5.74, 6) is -0.246. The van der Waals surface area contributed by atoms with Crippen molar-refractivity contribution in [3.05, 3.63) is 94.4 Å². The lowest BCUT2D eigenvalue weighted by Crippen LogP contribution is -2.30. The van der Waals surface area contributed by atoms with Crippen molar-refractivity contribution < 1.29 is 13.2 Å². The van der Waals surface area contributed by atoms with Crippen molar-refractivity contribution in [2.45, 2.75) is 38.1 Å². The molecule has 0 radical (unpaired) electrons. The molecular weight excluding hydrogens is 573 g/mol. The Morgan fingerprint density at radius 2 is 1.76 bits per heavy atom. The van der Waals surface area contributed by atoms with Gasteiger partial charge in [-0.1, -0.05) is 36.8 Å². The summed E-state index contributed by atoms with van der Waals surface area (Å²) in [6.07, 6.45) is 2.02. The Morgan fingerprint density at radius 1 is 1.00 bits per heavy atom. The van der Waals surface area contributed by atoms with Crippen LogP contribution in [-0.2, 0) is 23.0 Å². The van der Waals surface area contributed by atoms with E-state index in [0.29, 0.717) is 11.3 Å². The molecule has 0 aliphatic carbocycles. The SMILES string of the molecule is CCCN1CCc2c(sc(NC(=O)c3ccc(NS(=O)(=O)c4ccc(C)cc4)cc3)c2-c2nc3ccccc3s2)C1. The summed E-state index contributed by atoms with van der Waals surface area (Å²) >= 11 is 3.28. The van der Waals surface area contributed by atoms with Gasteiger partial charge in [0.1, 0.15) is 10.0 Å². The zero-order valence-corrected chi connectivity index (χ0v) is 25.3. The van der Waals surface area contributed by atoms with E-state index in [1.807, 2.05) is 25.1 Å². The Bertz CT molecular complexity index is 1790. The molecule has 2 N–H and O–H groups in total. The van der Waals surface area contributed by atoms with Gasteiger partial charge in [-0.2, -0.15) is 0 Å². The summed E-state index contributed by atoms with van der Waals surface area (Å²) in [6, 6.07) is 21.3. The van der Waals surface area contributed by atoms with Gasteiger partial charge in [-0.3, -0.25) is 14.4 Å². The van der Waals surface area contributed by atoms with Crippen molar-refractivity contribution in [3.8, 4) is 10.6 Å². The fraction of sp³-hybridized carbons (Fsp3) is 0.226. The van der Waals surface area contributed by atoms with Crippen molar-refractivity contribution in [2.75, 3.05) is 23.1 Å². The molecule has 0 fully saturated rings. The molecule has 210 valence electrons. The smallest absolute Gasteiger partial charge is 0.261 e. The molecule has 41 heavy (non-hydrogen) atoms. The number of thiazole rings is 1. The molecule has 0 saturated carbocycles. The normalized spacial score (nSPS) is 13.7. The number of hydrogen-bond acceptors (Lipinski definition) is 7. The van der Waals surface area contributed by atoms with Crippen molar-refractivity contribution in [3.63, 3.8) is 0 Å². The molecule has 5 aromatic rings. The van der Waals surface area contributed by atoms with E-state index >= 15 is 0 Å². The largest absolute Gasteiger partial charge is 0.313 e. The van der Waals surface area contributed by atoms with E-state index in [2.05, 4.69) is 27.9 Å². The average Bonchev–Trinajstić information content (AvgIpc) is 3.54. The predicted octanol–water partition coefficient (Wildman–Crippen LogP) is 7.15. The lowest BCUT2D eigenvalue weighted by molar-refractivity contribution is 0.102. The summed E-state index contributed by atoms with van der Waals surface area (Å²) in [4.78, 5) is 22.3. The first-order chi connectivity index (χ1) is 19.8. The summed E-state index contributed by atoms with van der Waals surface area (Å²) < 4.78 is 29.3. The first kappa shape index (κ1) is 27.6. The Kier molecular flexibility index (Phi) is 7.65. The second kappa shape index (κ2) is 11.4. The van der Waals surface area contributed by atoms with Crippen LogP contribution < -0.4 is 10.0 Å². The number of anilines is 2. The topological polar surface area (TPSA) is 91.4 Å². The van der Waals surface area contributed by atoms with E-state index in [1.165, 1.54) is 10.4 Å². The molecule has 7 nitrogen and oxygen atoms in total. The summed E-state index contributed by atoms with van der Waals surface area (Å²) in [5.41, 5.74) is 5.07. The maximum absolute atomic E-state index is 13.4. The van der Waals surface area contributed by atoms with Gasteiger partial charge in [0.25, 0.3) is 15.9 Å². The van der Waals surface area contributed by atoms with E-state index in [-0.39, 0.29) is 10.8 Å². The number of nitrogens with one attached hydrogen (secondary N) is 2. The molecule has 1 aliphatic heterocycles. The number of aryl methyl sites for hydroxylation is 1. The van der Waals surface area contributed by atoms with Gasteiger partial charge in [0.2, 0.25) is 0 Å². The van der Waals surface area contributed by atoms with E-state index in [9.17, 15) is 13.2 Å². The Balaban J connectivity index is 1.26. The second-order valence-electron chi connectivity index (χ2n) is 10.2. The third-order valence-electron chi connectivity index (χ3n) is 7.14. The molecule has 0 unspecified atom stereocenters. The average molecular weight is 603 g/mol. The number of carbonyl (C=O) groups is 1. The van der Waals surface area contributed by atoms with Crippen LogP contribution in [0.25, 0.3) is 20.8 Å². The molecule has 0 spiro atoms. The number of carbonyl (C=O) groups excluding carboxylic acids is 1. The Morgan fingerprint density at radius 3 is 2.49 bits per heavy atom. The number of thiophene rings is 1. The van der Waals surface area contributed by atoms with Gasteiger partial charge in [0, 0.05) is 34.8 Å². The predicted molar refractivity (Wildman–Crippen MR) is 169 cm³/mol. The van der Waals surface area contributed by atoms with Crippen LogP contribution in [0.3, 0.4) is 0 Å². The second-order valence-corrected chi connectivity index (χ2v) is 14.0. The number of rotatable bonds is 8. The first-order valence-electron chi connectivity index (χ1n) is 13.5. The minimum Gasteiger partial charge on any atom is -0.313 e. The third kappa shape index (κ3) is 5.78. The number of hydrogen-bond donors (Lipinski definition) is 2. The number of amides is 1. The van der Waals surface area contributed by atoms with Gasteiger partial charge >= 0.3 is 0 Å². The monoisotopic (exact) mass is 602 g/mol. The first-order valence-corrected chi connectivity index (χ1v) is 16.7. The van der Waals surface area contributed by atoms with Gasteiger partial charge in [-0.15, -0.1) is 22.7 Å². The van der Waals surface area contributed by atoms with Crippen molar-refractivity contribution in [1.29, 1.82) is 0 Å². The highest BCUT2D eigenvalue weighted by atomic mass is 32.2. The van der Waals surface area contributed by atoms with Gasteiger partial charge < -0.3 is 5.32 Å². The lowest BCUT2D eigenvalue weighted by Gasteiger charge is -2.26. The number of fused-ring (bicyclic) bond motifs is 2. The van der Waals surface area contributed by atoms with Crippen LogP contribution in [0.1, 0.15) is 39.7 Å². The summed E-state index contributed by atoms with van der Waals surface area (Å²) in [5, 5.41) is 4.89. The van der Waals surface area contributed by atoms with Gasteiger partial charge in [0.05, 0.1) is 15.1 Å². The number of para-hydroxylation sites is 1. The molecule has 10 heteroatoms. The Hall–Kier alpha value is -3.57. The minimum atomic E-state index is -3.73. The molecule has 2 aromatic heterocycles. The molecular formula is C31H30N4O3S3. The molecule has 3 heterocycles. The van der Waals surface area contributed by atoms with Crippen LogP contribution in [0.2, 0.25) is 0 Å². The van der Waals surface area contributed by atoms with Crippen LogP contribution in [-0.4, -0.2) is 37.3 Å². The Labute approximate surface area is 247 Å². The highest BCUT2D eigenvalue weighted by molar-refractivity contribution is 7.92. The van der Waals surface area contributed by atoms with Gasteiger partial charge in [-0.25, -0.2) is 13.4 Å². The van der Waals surface area contributed by atoms with Crippen LogP contribution in [0.4, 0.5) is 10.7 Å². The number of nitrogens with zero attached hydrogens (tertiary/aromatic N) is 2. The number of sulfonamides is 1. The minimum absolute atomic E-state index is 0.187. The van der Waals surface area contributed by atoms with Crippen LogP contribution >= 0.6 is 22.7 Å². The van der Waals surface area contributed by atoms with Gasteiger partial charge in [0.15, 0.2) is 0 Å². The van der Waals surface area contributed by atoms with Crippen molar-refractivity contribution in [2.24, 2.45) is 0 Å². The van der Waals surface area contributed by atoms with E-state index in [1.54, 1.807) is 71.2 Å². The highest BCUT2D eigenvalue weighted by Gasteiger charge is 2.28. The quantitative estimate of drug-likeness (QED) is 0.197. The summed E-state index contributed by atoms with van der Waals surface area (Å²) in [6.45, 7) is 7.01. The van der Waals surface area contributed by atoms with E-state index in [0.717, 1.165) is 63.8 Å². The zero-order valence-electron chi connectivity index (χ0n) is 22.8. The fourth-order valence-corrected chi connectivity index (χ4v) is 8.51. The molecule has 6 rings (SSSR count).